The van der Waals surface area contributed by atoms with Crippen molar-refractivity contribution in [2.75, 3.05) is 6.54 Å². The number of aliphatic imine (C=N–C) groups is 1. The Balaban J connectivity index is 1.64. The van der Waals surface area contributed by atoms with Crippen molar-refractivity contribution in [1.29, 1.82) is 0 Å². The molecule has 0 aliphatic rings. The van der Waals surface area contributed by atoms with Gasteiger partial charge in [0.2, 0.25) is 0 Å². The molecule has 3 aromatic rings. The van der Waals surface area contributed by atoms with E-state index in [-0.39, 0.29) is 0 Å². The first-order chi connectivity index (χ1) is 11.8. The van der Waals surface area contributed by atoms with E-state index in [9.17, 15) is 0 Å². The number of nitrogens with one attached hydrogen (secondary N) is 2. The van der Waals surface area contributed by atoms with Crippen LogP contribution in [0.15, 0.2) is 45.9 Å². The van der Waals surface area contributed by atoms with Gasteiger partial charge in [0, 0.05) is 23.0 Å². The standard InChI is InChI=1S/C18H22N4OS/c1-3-15-11-20-17(24-15)12-22-18(19-4-2)21-10-14-9-13-7-5-6-8-16(13)23-14/h5-9,11H,3-4,10,12H2,1-2H3,(H2,19,21,22). The van der Waals surface area contributed by atoms with Gasteiger partial charge < -0.3 is 15.1 Å². The Hall–Kier alpha value is -2.34. The van der Waals surface area contributed by atoms with Crippen LogP contribution in [-0.2, 0) is 19.5 Å². The van der Waals surface area contributed by atoms with E-state index in [2.05, 4.69) is 34.5 Å². The number of aryl methyl sites for hydroxylation is 1. The van der Waals surface area contributed by atoms with Crippen LogP contribution in [0.4, 0.5) is 0 Å². The zero-order chi connectivity index (χ0) is 16.8. The molecule has 0 spiro atoms. The summed E-state index contributed by atoms with van der Waals surface area (Å²) in [7, 11) is 0. The Morgan fingerprint density at radius 3 is 2.88 bits per heavy atom. The summed E-state index contributed by atoms with van der Waals surface area (Å²) < 4.78 is 5.80. The van der Waals surface area contributed by atoms with Crippen molar-refractivity contribution in [3.63, 3.8) is 0 Å². The average molecular weight is 342 g/mol. The molecule has 6 heteroatoms. The van der Waals surface area contributed by atoms with Crippen LogP contribution in [0.2, 0.25) is 0 Å². The first-order valence-electron chi connectivity index (χ1n) is 8.21. The Kier molecular flexibility index (Phi) is 5.48. The van der Waals surface area contributed by atoms with Gasteiger partial charge in [0.15, 0.2) is 5.96 Å². The number of aromatic nitrogens is 1. The Bertz CT molecular complexity index is 788. The summed E-state index contributed by atoms with van der Waals surface area (Å²) in [5, 5.41) is 8.75. The summed E-state index contributed by atoms with van der Waals surface area (Å²) in [6.07, 6.45) is 2.97. The van der Waals surface area contributed by atoms with Gasteiger partial charge in [-0.15, -0.1) is 11.3 Å². The van der Waals surface area contributed by atoms with Gasteiger partial charge in [0.1, 0.15) is 22.9 Å². The van der Waals surface area contributed by atoms with Gasteiger partial charge in [0.05, 0.1) is 6.54 Å². The Labute approximate surface area is 145 Å². The summed E-state index contributed by atoms with van der Waals surface area (Å²) >= 11 is 1.74. The molecule has 0 atom stereocenters. The average Bonchev–Trinajstić information content (AvgIpc) is 3.23. The third kappa shape index (κ3) is 4.14. The molecule has 126 valence electrons. The van der Waals surface area contributed by atoms with Crippen LogP contribution in [-0.4, -0.2) is 17.5 Å². The fourth-order valence-electron chi connectivity index (χ4n) is 2.37. The van der Waals surface area contributed by atoms with Gasteiger partial charge in [-0.2, -0.15) is 0 Å². The number of rotatable bonds is 6. The highest BCUT2D eigenvalue weighted by Crippen LogP contribution is 2.19. The van der Waals surface area contributed by atoms with E-state index in [1.54, 1.807) is 11.3 Å². The minimum absolute atomic E-state index is 0.502. The van der Waals surface area contributed by atoms with Crippen LogP contribution < -0.4 is 10.6 Å². The molecule has 2 heterocycles. The molecule has 0 fully saturated rings. The normalized spacial score (nSPS) is 11.8. The molecule has 1 aromatic carbocycles. The molecule has 5 nitrogen and oxygen atoms in total. The number of nitrogens with zero attached hydrogens (tertiary/aromatic N) is 2. The zero-order valence-corrected chi connectivity index (χ0v) is 14.8. The minimum atomic E-state index is 0.502. The van der Waals surface area contributed by atoms with E-state index in [0.717, 1.165) is 40.7 Å². The fourth-order valence-corrected chi connectivity index (χ4v) is 3.17. The molecule has 2 aromatic heterocycles. The van der Waals surface area contributed by atoms with Crippen molar-refractivity contribution in [3.8, 4) is 0 Å². The lowest BCUT2D eigenvalue weighted by atomic mass is 10.2. The van der Waals surface area contributed by atoms with Crippen LogP contribution in [0.5, 0.6) is 0 Å². The maximum absolute atomic E-state index is 5.80. The third-order valence-corrected chi connectivity index (χ3v) is 4.71. The van der Waals surface area contributed by atoms with Crippen molar-refractivity contribution >= 4 is 28.3 Å². The minimum Gasteiger partial charge on any atom is -0.459 e. The molecule has 0 bridgehead atoms. The summed E-state index contributed by atoms with van der Waals surface area (Å²) in [5.41, 5.74) is 0.899. The van der Waals surface area contributed by atoms with Gasteiger partial charge in [-0.25, -0.2) is 9.98 Å². The van der Waals surface area contributed by atoms with E-state index in [0.29, 0.717) is 13.1 Å². The molecule has 0 radical (unpaired) electrons. The van der Waals surface area contributed by atoms with Gasteiger partial charge >= 0.3 is 0 Å². The largest absolute Gasteiger partial charge is 0.459 e. The van der Waals surface area contributed by atoms with Crippen LogP contribution >= 0.6 is 11.3 Å². The van der Waals surface area contributed by atoms with Crippen molar-refractivity contribution in [2.24, 2.45) is 4.99 Å². The van der Waals surface area contributed by atoms with Crippen LogP contribution in [0.25, 0.3) is 11.0 Å². The van der Waals surface area contributed by atoms with Gasteiger partial charge in [-0.3, -0.25) is 0 Å². The SMILES string of the molecule is CCNC(=NCc1cc2ccccc2o1)NCc1ncc(CC)s1. The van der Waals surface area contributed by atoms with Gasteiger partial charge in [-0.05, 0) is 25.5 Å². The zero-order valence-electron chi connectivity index (χ0n) is 14.0. The quantitative estimate of drug-likeness (QED) is 0.529. The van der Waals surface area contributed by atoms with E-state index < -0.39 is 0 Å². The maximum atomic E-state index is 5.80. The van der Waals surface area contributed by atoms with E-state index >= 15 is 0 Å². The van der Waals surface area contributed by atoms with Crippen molar-refractivity contribution in [1.82, 2.24) is 15.6 Å². The first kappa shape index (κ1) is 16.5. The smallest absolute Gasteiger partial charge is 0.192 e. The molecule has 2 N–H and O–H groups in total. The summed E-state index contributed by atoms with van der Waals surface area (Å²) in [4.78, 5) is 10.3. The molecule has 0 unspecified atom stereocenters. The number of fused-ring (bicyclic) bond motifs is 1. The molecule has 0 amide bonds. The molecule has 0 saturated carbocycles. The highest BCUT2D eigenvalue weighted by atomic mass is 32.1. The molecule has 3 rings (SSSR count). The lowest BCUT2D eigenvalue weighted by molar-refractivity contribution is 0.551. The topological polar surface area (TPSA) is 62.5 Å². The van der Waals surface area contributed by atoms with Crippen molar-refractivity contribution in [3.05, 3.63) is 52.2 Å². The lowest BCUT2D eigenvalue weighted by Crippen LogP contribution is -2.36. The van der Waals surface area contributed by atoms with Gasteiger partial charge in [-0.1, -0.05) is 25.1 Å². The fraction of sp³-hybridized carbons (Fsp3) is 0.333. The molecular formula is C18H22N4OS. The first-order valence-corrected chi connectivity index (χ1v) is 9.03. The second kappa shape index (κ2) is 7.97. The second-order valence-electron chi connectivity index (χ2n) is 5.37. The number of guanidine groups is 1. The molecule has 0 saturated heterocycles. The maximum Gasteiger partial charge on any atom is 0.192 e. The molecule has 0 aliphatic heterocycles. The number of benzene rings is 1. The molecule has 0 aliphatic carbocycles. The van der Waals surface area contributed by atoms with E-state index in [1.165, 1.54) is 4.88 Å². The predicted octanol–water partition coefficient (Wildman–Crippen LogP) is 3.71. The lowest BCUT2D eigenvalue weighted by Gasteiger charge is -2.09. The van der Waals surface area contributed by atoms with Gasteiger partial charge in [0.25, 0.3) is 0 Å². The third-order valence-electron chi connectivity index (χ3n) is 3.57. The Morgan fingerprint density at radius 2 is 2.12 bits per heavy atom. The van der Waals surface area contributed by atoms with E-state index in [1.807, 2.05) is 36.5 Å². The van der Waals surface area contributed by atoms with Crippen LogP contribution in [0.3, 0.4) is 0 Å². The number of para-hydroxylation sites is 1. The van der Waals surface area contributed by atoms with Crippen LogP contribution in [0.1, 0.15) is 29.5 Å². The highest BCUT2D eigenvalue weighted by Gasteiger charge is 2.05. The monoisotopic (exact) mass is 342 g/mol. The highest BCUT2D eigenvalue weighted by molar-refractivity contribution is 7.11. The van der Waals surface area contributed by atoms with Crippen molar-refractivity contribution < 1.29 is 4.42 Å². The summed E-state index contributed by atoms with van der Waals surface area (Å²) in [5.74, 6) is 1.63. The van der Waals surface area contributed by atoms with E-state index in [4.69, 9.17) is 4.42 Å². The summed E-state index contributed by atoms with van der Waals surface area (Å²) in [6.45, 7) is 6.18. The second-order valence-corrected chi connectivity index (χ2v) is 6.57. The summed E-state index contributed by atoms with van der Waals surface area (Å²) in [6, 6.07) is 10.0. The predicted molar refractivity (Wildman–Crippen MR) is 99.4 cm³/mol. The van der Waals surface area contributed by atoms with Crippen molar-refractivity contribution in [2.45, 2.75) is 33.4 Å². The molecular weight excluding hydrogens is 320 g/mol. The van der Waals surface area contributed by atoms with Crippen LogP contribution in [0, 0.1) is 0 Å². The number of furan rings is 1. The number of hydrogen-bond acceptors (Lipinski definition) is 4. The number of hydrogen-bond donors (Lipinski definition) is 2. The number of thiazole rings is 1. The Morgan fingerprint density at radius 1 is 1.25 bits per heavy atom. The molecule has 24 heavy (non-hydrogen) atoms.